The summed E-state index contributed by atoms with van der Waals surface area (Å²) in [6, 6.07) is 15.9. The Hall–Kier alpha value is -2.33. The van der Waals surface area contributed by atoms with Crippen LogP contribution in [0.4, 0.5) is 5.69 Å². The van der Waals surface area contributed by atoms with E-state index in [0.29, 0.717) is 13.1 Å². The van der Waals surface area contributed by atoms with Gasteiger partial charge in [-0.25, -0.2) is 0 Å². The highest BCUT2D eigenvalue weighted by atomic mass is 127. The number of hydrogen-bond acceptors (Lipinski definition) is 4. The maximum Gasteiger partial charge on any atom is 0.238 e. The van der Waals surface area contributed by atoms with Gasteiger partial charge < -0.3 is 25.6 Å². The van der Waals surface area contributed by atoms with Gasteiger partial charge in [0.25, 0.3) is 0 Å². The second-order valence-corrected chi connectivity index (χ2v) is 6.94. The lowest BCUT2D eigenvalue weighted by molar-refractivity contribution is -0.116. The number of benzene rings is 2. The van der Waals surface area contributed by atoms with Crippen LogP contribution in [0, 0.1) is 0 Å². The quantitative estimate of drug-likeness (QED) is 0.267. The average Bonchev–Trinajstić information content (AvgIpc) is 2.70. The van der Waals surface area contributed by atoms with Crippen molar-refractivity contribution in [2.75, 3.05) is 46.7 Å². The second-order valence-electron chi connectivity index (χ2n) is 6.94. The molecule has 0 saturated heterocycles. The zero-order valence-corrected chi connectivity index (χ0v) is 20.4. The van der Waals surface area contributed by atoms with Gasteiger partial charge in [0.1, 0.15) is 5.75 Å². The number of aliphatic imine (C=N–C) groups is 1. The molecule has 0 heterocycles. The van der Waals surface area contributed by atoms with Crippen LogP contribution in [0.1, 0.15) is 11.1 Å². The zero-order chi connectivity index (χ0) is 21.1. The molecule has 164 valence electrons. The molecule has 2 aromatic carbocycles. The second kappa shape index (κ2) is 13.8. The predicted octanol–water partition coefficient (Wildman–Crippen LogP) is 2.72. The molecule has 0 radical (unpaired) electrons. The number of nitrogens with one attached hydrogen (secondary N) is 3. The van der Waals surface area contributed by atoms with E-state index in [4.69, 9.17) is 4.74 Å². The minimum absolute atomic E-state index is 0. The Morgan fingerprint density at radius 3 is 2.43 bits per heavy atom. The topological polar surface area (TPSA) is 78.0 Å². The summed E-state index contributed by atoms with van der Waals surface area (Å²) in [5, 5.41) is 9.53. The normalized spacial score (nSPS) is 10.9. The average molecular weight is 525 g/mol. The molecule has 2 rings (SSSR count). The molecule has 0 bridgehead atoms. The van der Waals surface area contributed by atoms with Crippen molar-refractivity contribution in [2.45, 2.75) is 13.0 Å². The van der Waals surface area contributed by atoms with Crippen LogP contribution in [-0.4, -0.2) is 58.1 Å². The Morgan fingerprint density at radius 2 is 1.80 bits per heavy atom. The van der Waals surface area contributed by atoms with E-state index < -0.39 is 0 Å². The van der Waals surface area contributed by atoms with Crippen LogP contribution in [-0.2, 0) is 17.8 Å². The Balaban J connectivity index is 0.00000450. The summed E-state index contributed by atoms with van der Waals surface area (Å²) >= 11 is 0. The SMILES string of the molecule is CN=C(NCCc1ccc(OC)cc1)NCc1cccc(NC(=O)CN(C)C)c1.I. The minimum atomic E-state index is -0.0314. The van der Waals surface area contributed by atoms with Crippen molar-refractivity contribution in [3.05, 3.63) is 59.7 Å². The Morgan fingerprint density at radius 1 is 1.07 bits per heavy atom. The summed E-state index contributed by atoms with van der Waals surface area (Å²) in [7, 11) is 7.15. The molecule has 7 nitrogen and oxygen atoms in total. The van der Waals surface area contributed by atoms with Crippen LogP contribution in [0.15, 0.2) is 53.5 Å². The highest BCUT2D eigenvalue weighted by molar-refractivity contribution is 14.0. The third-order valence-electron chi connectivity index (χ3n) is 4.22. The first-order valence-electron chi connectivity index (χ1n) is 9.61. The van der Waals surface area contributed by atoms with Crippen molar-refractivity contribution in [2.24, 2.45) is 4.99 Å². The summed E-state index contributed by atoms with van der Waals surface area (Å²) in [5.41, 5.74) is 3.08. The number of ether oxygens (including phenoxy) is 1. The van der Waals surface area contributed by atoms with E-state index in [9.17, 15) is 4.79 Å². The standard InChI is InChI=1S/C22H31N5O2.HI/c1-23-22(24-13-12-17-8-10-20(29-4)11-9-17)25-15-18-6-5-7-19(14-18)26-21(28)16-27(2)3;/h5-11,14H,12-13,15-16H2,1-4H3,(H,26,28)(H2,23,24,25);1H. The number of hydrogen-bond donors (Lipinski definition) is 3. The van der Waals surface area contributed by atoms with E-state index in [1.165, 1.54) is 5.56 Å². The van der Waals surface area contributed by atoms with Gasteiger partial charge in [0, 0.05) is 25.8 Å². The number of nitrogens with zero attached hydrogens (tertiary/aromatic N) is 2. The summed E-state index contributed by atoms with van der Waals surface area (Å²) in [4.78, 5) is 18.0. The number of anilines is 1. The first-order valence-corrected chi connectivity index (χ1v) is 9.61. The molecule has 0 aliphatic heterocycles. The fourth-order valence-corrected chi connectivity index (χ4v) is 2.77. The maximum absolute atomic E-state index is 11.9. The monoisotopic (exact) mass is 525 g/mol. The van der Waals surface area contributed by atoms with Gasteiger partial charge in [-0.15, -0.1) is 24.0 Å². The van der Waals surface area contributed by atoms with Gasteiger partial charge in [-0.05, 0) is 55.9 Å². The minimum Gasteiger partial charge on any atom is -0.497 e. The molecule has 0 fully saturated rings. The van der Waals surface area contributed by atoms with Crippen molar-refractivity contribution >= 4 is 41.5 Å². The van der Waals surface area contributed by atoms with Crippen molar-refractivity contribution in [3.8, 4) is 5.75 Å². The van der Waals surface area contributed by atoms with E-state index >= 15 is 0 Å². The molecule has 0 saturated carbocycles. The molecular formula is C22H32IN5O2. The van der Waals surface area contributed by atoms with Crippen LogP contribution in [0.3, 0.4) is 0 Å². The van der Waals surface area contributed by atoms with Gasteiger partial charge in [-0.3, -0.25) is 9.79 Å². The summed E-state index contributed by atoms with van der Waals surface area (Å²) in [5.74, 6) is 1.57. The van der Waals surface area contributed by atoms with E-state index in [1.807, 2.05) is 55.4 Å². The van der Waals surface area contributed by atoms with Gasteiger partial charge in [-0.1, -0.05) is 24.3 Å². The van der Waals surface area contributed by atoms with Crippen LogP contribution in [0.2, 0.25) is 0 Å². The third kappa shape index (κ3) is 9.45. The molecule has 0 aliphatic rings. The van der Waals surface area contributed by atoms with Gasteiger partial charge in [0.15, 0.2) is 5.96 Å². The highest BCUT2D eigenvalue weighted by Gasteiger charge is 2.05. The van der Waals surface area contributed by atoms with Crippen molar-refractivity contribution in [3.63, 3.8) is 0 Å². The maximum atomic E-state index is 11.9. The Kier molecular flexibility index (Phi) is 11.8. The van der Waals surface area contributed by atoms with Crippen LogP contribution in [0.5, 0.6) is 5.75 Å². The number of rotatable bonds is 9. The van der Waals surface area contributed by atoms with Crippen LogP contribution >= 0.6 is 24.0 Å². The number of amides is 1. The third-order valence-corrected chi connectivity index (χ3v) is 4.22. The molecule has 0 atom stereocenters. The van der Waals surface area contributed by atoms with Gasteiger partial charge in [-0.2, -0.15) is 0 Å². The van der Waals surface area contributed by atoms with Crippen molar-refractivity contribution < 1.29 is 9.53 Å². The fourth-order valence-electron chi connectivity index (χ4n) is 2.77. The molecule has 0 spiro atoms. The number of halogens is 1. The lowest BCUT2D eigenvalue weighted by Crippen LogP contribution is -2.37. The molecule has 0 unspecified atom stereocenters. The van der Waals surface area contributed by atoms with E-state index in [1.54, 1.807) is 14.2 Å². The predicted molar refractivity (Wildman–Crippen MR) is 134 cm³/mol. The van der Waals surface area contributed by atoms with Gasteiger partial charge in [0.05, 0.1) is 13.7 Å². The van der Waals surface area contributed by atoms with Gasteiger partial charge >= 0.3 is 0 Å². The molecule has 0 aliphatic carbocycles. The molecule has 1 amide bonds. The molecule has 3 N–H and O–H groups in total. The van der Waals surface area contributed by atoms with Crippen molar-refractivity contribution in [1.82, 2.24) is 15.5 Å². The highest BCUT2D eigenvalue weighted by Crippen LogP contribution is 2.12. The van der Waals surface area contributed by atoms with Crippen LogP contribution in [0.25, 0.3) is 0 Å². The number of likely N-dealkylation sites (N-methyl/N-ethyl adjacent to an activating group) is 1. The van der Waals surface area contributed by atoms with E-state index in [-0.39, 0.29) is 29.9 Å². The molecule has 0 aromatic heterocycles. The number of carbonyl (C=O) groups is 1. The fraction of sp³-hybridized carbons (Fsp3) is 0.364. The lowest BCUT2D eigenvalue weighted by atomic mass is 10.1. The molecular weight excluding hydrogens is 493 g/mol. The summed E-state index contributed by atoms with van der Waals surface area (Å²) in [6.07, 6.45) is 0.887. The Labute approximate surface area is 196 Å². The van der Waals surface area contributed by atoms with E-state index in [0.717, 1.165) is 35.9 Å². The lowest BCUT2D eigenvalue weighted by Gasteiger charge is -2.13. The molecule has 30 heavy (non-hydrogen) atoms. The van der Waals surface area contributed by atoms with Gasteiger partial charge in [0.2, 0.25) is 5.91 Å². The zero-order valence-electron chi connectivity index (χ0n) is 18.1. The van der Waals surface area contributed by atoms with E-state index in [2.05, 4.69) is 33.1 Å². The summed E-state index contributed by atoms with van der Waals surface area (Å²) < 4.78 is 5.18. The first-order chi connectivity index (χ1) is 14.0. The molecule has 2 aromatic rings. The first kappa shape index (κ1) is 25.7. The Bertz CT molecular complexity index is 809. The smallest absolute Gasteiger partial charge is 0.238 e. The van der Waals surface area contributed by atoms with Crippen molar-refractivity contribution in [1.29, 1.82) is 0 Å². The number of carbonyl (C=O) groups excluding carboxylic acids is 1. The summed E-state index contributed by atoms with van der Waals surface area (Å²) in [6.45, 7) is 1.74. The number of guanidine groups is 1. The van der Waals surface area contributed by atoms with Crippen LogP contribution < -0.4 is 20.7 Å². The largest absolute Gasteiger partial charge is 0.497 e. The molecule has 8 heteroatoms. The number of methoxy groups -OCH3 is 1.